The van der Waals surface area contributed by atoms with Gasteiger partial charge in [0.2, 0.25) is 5.89 Å². The molecule has 6 heteroatoms. The van der Waals surface area contributed by atoms with Crippen LogP contribution < -0.4 is 10.6 Å². The number of nitrogens with zero attached hydrogens (tertiary/aromatic N) is 2. The van der Waals surface area contributed by atoms with E-state index in [1.165, 1.54) is 0 Å². The average Bonchev–Trinajstić information content (AvgIpc) is 3.11. The lowest BCUT2D eigenvalue weighted by molar-refractivity contribution is 0.0921. The minimum Gasteiger partial charge on any atom is -0.346 e. The smallest absolute Gasteiger partial charge is 0.292 e. The summed E-state index contributed by atoms with van der Waals surface area (Å²) in [7, 11) is 0. The third kappa shape index (κ3) is 2.84. The third-order valence-corrected chi connectivity index (χ3v) is 3.61. The van der Waals surface area contributed by atoms with Crippen LogP contribution in [0.5, 0.6) is 0 Å². The molecule has 102 valence electrons. The number of amides is 1. The van der Waals surface area contributed by atoms with Gasteiger partial charge in [-0.1, -0.05) is 17.3 Å². The molecule has 2 N–H and O–H groups in total. The quantitative estimate of drug-likeness (QED) is 0.803. The van der Waals surface area contributed by atoms with Crippen LogP contribution >= 0.6 is 0 Å². The van der Waals surface area contributed by atoms with Gasteiger partial charge >= 0.3 is 0 Å². The highest BCUT2D eigenvalue weighted by atomic mass is 16.5. The van der Waals surface area contributed by atoms with Crippen molar-refractivity contribution in [2.75, 3.05) is 6.54 Å². The first-order chi connectivity index (χ1) is 9.33. The topological polar surface area (TPSA) is 80.0 Å². The number of carbonyl (C=O) groups is 1. The highest BCUT2D eigenvalue weighted by Gasteiger charge is 2.25. The molecule has 0 bridgehead atoms. The summed E-state index contributed by atoms with van der Waals surface area (Å²) in [6.45, 7) is 0.961. The zero-order valence-corrected chi connectivity index (χ0v) is 10.8. The second-order valence-electron chi connectivity index (χ2n) is 5.06. The molecule has 1 aromatic heterocycles. The molecule has 0 saturated carbocycles. The molecule has 1 saturated heterocycles. The fraction of sp³-hybridized carbons (Fsp3) is 0.615. The Hall–Kier alpha value is -1.69. The number of rotatable bonds is 3. The summed E-state index contributed by atoms with van der Waals surface area (Å²) < 4.78 is 5.16. The van der Waals surface area contributed by atoms with Gasteiger partial charge in [0.05, 0.1) is 6.04 Å². The molecule has 1 amide bonds. The van der Waals surface area contributed by atoms with E-state index in [1.54, 1.807) is 0 Å². The summed E-state index contributed by atoms with van der Waals surface area (Å²) in [6, 6.07) is 0.288. The minimum absolute atomic E-state index is 0.103. The Morgan fingerprint density at radius 1 is 1.42 bits per heavy atom. The average molecular weight is 262 g/mol. The van der Waals surface area contributed by atoms with Gasteiger partial charge in [0, 0.05) is 6.04 Å². The van der Waals surface area contributed by atoms with E-state index in [0.717, 1.165) is 38.6 Å². The number of aromatic nitrogens is 2. The van der Waals surface area contributed by atoms with Crippen molar-refractivity contribution in [1.29, 1.82) is 0 Å². The van der Waals surface area contributed by atoms with Gasteiger partial charge in [-0.15, -0.1) is 0 Å². The molecule has 2 unspecified atom stereocenters. The normalized spacial score (nSPS) is 26.5. The largest absolute Gasteiger partial charge is 0.346 e. The highest BCUT2D eigenvalue weighted by molar-refractivity contribution is 5.90. The van der Waals surface area contributed by atoms with Crippen LogP contribution in [0, 0.1) is 0 Å². The SMILES string of the molecule is O=C(NC1CC=CCC1)c1noc(C2CCCN2)n1. The van der Waals surface area contributed by atoms with Crippen LogP contribution in [0.4, 0.5) is 0 Å². The van der Waals surface area contributed by atoms with Gasteiger partial charge in [0.15, 0.2) is 0 Å². The van der Waals surface area contributed by atoms with E-state index in [-0.39, 0.29) is 23.8 Å². The van der Waals surface area contributed by atoms with Crippen molar-refractivity contribution >= 4 is 5.91 Å². The zero-order valence-electron chi connectivity index (χ0n) is 10.8. The van der Waals surface area contributed by atoms with E-state index in [0.29, 0.717) is 5.89 Å². The number of hydrogen-bond acceptors (Lipinski definition) is 5. The van der Waals surface area contributed by atoms with Gasteiger partial charge in [-0.05, 0) is 38.6 Å². The summed E-state index contributed by atoms with van der Waals surface area (Å²) in [5, 5.41) is 9.98. The molecule has 19 heavy (non-hydrogen) atoms. The van der Waals surface area contributed by atoms with Crippen LogP contribution in [-0.2, 0) is 0 Å². The highest BCUT2D eigenvalue weighted by Crippen LogP contribution is 2.21. The van der Waals surface area contributed by atoms with Gasteiger partial charge in [-0.2, -0.15) is 4.98 Å². The van der Waals surface area contributed by atoms with Crippen LogP contribution in [-0.4, -0.2) is 28.6 Å². The maximum absolute atomic E-state index is 12.0. The minimum atomic E-state index is -0.242. The molecule has 1 aliphatic heterocycles. The fourth-order valence-corrected chi connectivity index (χ4v) is 2.54. The number of carbonyl (C=O) groups excluding carboxylic acids is 1. The van der Waals surface area contributed by atoms with Crippen LogP contribution in [0.1, 0.15) is 54.7 Å². The van der Waals surface area contributed by atoms with E-state index in [9.17, 15) is 4.79 Å². The monoisotopic (exact) mass is 262 g/mol. The Bertz CT molecular complexity index is 477. The molecule has 1 aliphatic carbocycles. The van der Waals surface area contributed by atoms with Gasteiger partial charge in [0.1, 0.15) is 0 Å². The lowest BCUT2D eigenvalue weighted by Gasteiger charge is -2.17. The van der Waals surface area contributed by atoms with Crippen molar-refractivity contribution in [2.45, 2.75) is 44.2 Å². The number of allylic oxidation sites excluding steroid dienone is 1. The molecule has 0 aromatic carbocycles. The van der Waals surface area contributed by atoms with Crippen molar-refractivity contribution in [3.8, 4) is 0 Å². The standard InChI is InChI=1S/C13H18N4O2/c18-12(15-9-5-2-1-3-6-9)11-16-13(19-17-11)10-7-4-8-14-10/h1-2,9-10,14H,3-8H2,(H,15,18). The molecule has 3 rings (SSSR count). The summed E-state index contributed by atoms with van der Waals surface area (Å²) in [4.78, 5) is 16.2. The third-order valence-electron chi connectivity index (χ3n) is 3.61. The predicted octanol–water partition coefficient (Wildman–Crippen LogP) is 1.33. The Labute approximate surface area is 111 Å². The first kappa shape index (κ1) is 12.3. The van der Waals surface area contributed by atoms with E-state index in [2.05, 4.69) is 32.9 Å². The van der Waals surface area contributed by atoms with Crippen molar-refractivity contribution < 1.29 is 9.32 Å². The Kier molecular flexibility index (Phi) is 3.59. The van der Waals surface area contributed by atoms with Gasteiger partial charge < -0.3 is 15.2 Å². The molecule has 0 spiro atoms. The van der Waals surface area contributed by atoms with Crippen molar-refractivity contribution in [1.82, 2.24) is 20.8 Å². The molecule has 1 aromatic rings. The zero-order chi connectivity index (χ0) is 13.1. The van der Waals surface area contributed by atoms with Crippen LogP contribution in [0.15, 0.2) is 16.7 Å². The van der Waals surface area contributed by atoms with Crippen LogP contribution in [0.25, 0.3) is 0 Å². The molecule has 6 nitrogen and oxygen atoms in total. The summed E-state index contributed by atoms with van der Waals surface area (Å²) in [5.74, 6) is 0.415. The van der Waals surface area contributed by atoms with E-state index in [4.69, 9.17) is 4.52 Å². The maximum Gasteiger partial charge on any atom is 0.292 e. The molecule has 2 heterocycles. The lowest BCUT2D eigenvalue weighted by atomic mass is 10.0. The molecular weight excluding hydrogens is 244 g/mol. The van der Waals surface area contributed by atoms with Gasteiger partial charge in [0.25, 0.3) is 11.7 Å². The molecule has 0 radical (unpaired) electrons. The number of nitrogens with one attached hydrogen (secondary N) is 2. The van der Waals surface area contributed by atoms with Crippen molar-refractivity contribution in [2.24, 2.45) is 0 Å². The van der Waals surface area contributed by atoms with E-state index < -0.39 is 0 Å². The summed E-state index contributed by atoms with van der Waals surface area (Å²) in [5.41, 5.74) is 0. The first-order valence-electron chi connectivity index (χ1n) is 6.86. The van der Waals surface area contributed by atoms with Crippen LogP contribution in [0.3, 0.4) is 0 Å². The van der Waals surface area contributed by atoms with Crippen molar-refractivity contribution in [3.05, 3.63) is 23.9 Å². The summed E-state index contributed by atoms with van der Waals surface area (Å²) in [6.07, 6.45) is 9.17. The Balaban J connectivity index is 1.61. The van der Waals surface area contributed by atoms with Gasteiger partial charge in [-0.3, -0.25) is 4.79 Å². The Morgan fingerprint density at radius 2 is 2.37 bits per heavy atom. The molecule has 2 aliphatic rings. The second kappa shape index (κ2) is 5.52. The first-order valence-corrected chi connectivity index (χ1v) is 6.86. The van der Waals surface area contributed by atoms with E-state index in [1.807, 2.05) is 0 Å². The molecule has 2 atom stereocenters. The second-order valence-corrected chi connectivity index (χ2v) is 5.06. The number of hydrogen-bond donors (Lipinski definition) is 2. The predicted molar refractivity (Wildman–Crippen MR) is 68.5 cm³/mol. The van der Waals surface area contributed by atoms with Crippen molar-refractivity contribution in [3.63, 3.8) is 0 Å². The van der Waals surface area contributed by atoms with Crippen LogP contribution in [0.2, 0.25) is 0 Å². The lowest BCUT2D eigenvalue weighted by Crippen LogP contribution is -2.35. The Morgan fingerprint density at radius 3 is 3.11 bits per heavy atom. The molecular formula is C13H18N4O2. The summed E-state index contributed by atoms with van der Waals surface area (Å²) >= 11 is 0. The fourth-order valence-electron chi connectivity index (χ4n) is 2.54. The maximum atomic E-state index is 12.0. The van der Waals surface area contributed by atoms with E-state index >= 15 is 0 Å². The molecule has 1 fully saturated rings. The van der Waals surface area contributed by atoms with Gasteiger partial charge in [-0.25, -0.2) is 0 Å².